The topological polar surface area (TPSA) is 63.1 Å². The average molecular weight is 768 g/mol. The second-order valence-corrected chi connectivity index (χ2v) is 12.6. The maximum atomic E-state index is 11.2. The van der Waals surface area contributed by atoms with Gasteiger partial charge in [-0.2, -0.15) is 0 Å². The van der Waals surface area contributed by atoms with Gasteiger partial charge in [-0.3, -0.25) is 4.79 Å². The fraction of sp³-hybridized carbons (Fsp3) is 0.359. The number of nitrogens with zero attached hydrogens (tertiary/aromatic N) is 2. The zero-order chi connectivity index (χ0) is 31.8. The molecule has 0 aliphatic heterocycles. The van der Waals surface area contributed by atoms with Crippen LogP contribution in [0.4, 0.5) is 0 Å². The number of benzene rings is 2. The summed E-state index contributed by atoms with van der Waals surface area (Å²) < 4.78 is 0. The van der Waals surface area contributed by atoms with E-state index in [0.29, 0.717) is 24.7 Å². The third kappa shape index (κ3) is 10.6. The molecule has 0 atom stereocenters. The molecule has 2 heterocycles. The van der Waals surface area contributed by atoms with Crippen molar-refractivity contribution < 1.29 is 30.0 Å². The van der Waals surface area contributed by atoms with Gasteiger partial charge < -0.3 is 15.1 Å². The molecule has 0 saturated heterocycles. The maximum Gasteiger partial charge on any atom is 0.159 e. The van der Waals surface area contributed by atoms with E-state index in [1.165, 1.54) is 39.5 Å². The SMILES string of the molecule is CC(C)CC(=O)/C=C(\O)CC(C)C.Cc1cc(C)cc(-c2nc(-c3c(C)cccc3C)c[c-]c2-c2cc(C)cc(C)n2)c1.[Ir]. The fourth-order valence-corrected chi connectivity index (χ4v) is 5.37. The molecule has 44 heavy (non-hydrogen) atoms. The van der Waals surface area contributed by atoms with Gasteiger partial charge in [-0.15, -0.1) is 12.1 Å². The molecule has 2 aromatic heterocycles. The Bertz CT molecular complexity index is 1560. The van der Waals surface area contributed by atoms with Crippen molar-refractivity contribution in [3.8, 4) is 33.8 Å². The van der Waals surface area contributed by atoms with Crippen LogP contribution in [0, 0.1) is 59.4 Å². The zero-order valence-electron chi connectivity index (χ0n) is 27.9. The van der Waals surface area contributed by atoms with Gasteiger partial charge in [0, 0.05) is 44.7 Å². The summed E-state index contributed by atoms with van der Waals surface area (Å²) in [6.45, 7) is 20.7. The molecule has 5 heteroatoms. The standard InChI is InChI=1S/C28H27N2.C11H20O2.Ir/c1-17-12-18(2)15-23(14-17)28-24(26-16-19(3)13-22(6)29-26)10-11-25(30-28)27-20(4)8-7-9-21(27)5;1-8(2)5-10(12)7-11(13)6-9(3)4;/h7-9,11-16H,1-6H3;7-9,12H,5-6H2,1-4H3;/q-1;;/b;10-7-;. The van der Waals surface area contributed by atoms with E-state index in [1.807, 2.05) is 40.7 Å². The summed E-state index contributed by atoms with van der Waals surface area (Å²) in [5.41, 5.74) is 13.1. The quantitative estimate of drug-likeness (QED) is 0.110. The zero-order valence-corrected chi connectivity index (χ0v) is 30.3. The largest absolute Gasteiger partial charge is 0.512 e. The Morgan fingerprint density at radius 1 is 0.795 bits per heavy atom. The molecule has 1 N–H and O–H groups in total. The monoisotopic (exact) mass is 768 g/mol. The van der Waals surface area contributed by atoms with Gasteiger partial charge in [-0.05, 0) is 87.7 Å². The van der Waals surface area contributed by atoms with Gasteiger partial charge in [0.2, 0.25) is 0 Å². The number of aliphatic hydroxyl groups excluding tert-OH is 1. The fourth-order valence-electron chi connectivity index (χ4n) is 5.37. The third-order valence-corrected chi connectivity index (χ3v) is 6.96. The molecule has 0 saturated carbocycles. The van der Waals surface area contributed by atoms with E-state index in [2.05, 4.69) is 89.2 Å². The first-order chi connectivity index (χ1) is 20.2. The molecule has 235 valence electrons. The van der Waals surface area contributed by atoms with Gasteiger partial charge in [0.05, 0.1) is 5.76 Å². The summed E-state index contributed by atoms with van der Waals surface area (Å²) in [5, 5.41) is 9.34. The average Bonchev–Trinajstić information content (AvgIpc) is 2.86. The number of rotatable bonds is 8. The van der Waals surface area contributed by atoms with Crippen molar-refractivity contribution in [1.82, 2.24) is 9.97 Å². The van der Waals surface area contributed by atoms with Gasteiger partial charge in [0.1, 0.15) is 0 Å². The second-order valence-electron chi connectivity index (χ2n) is 12.6. The minimum Gasteiger partial charge on any atom is -0.512 e. The molecule has 0 aliphatic rings. The number of aliphatic hydroxyl groups is 1. The van der Waals surface area contributed by atoms with Crippen LogP contribution >= 0.6 is 0 Å². The van der Waals surface area contributed by atoms with Gasteiger partial charge in [0.15, 0.2) is 5.78 Å². The summed E-state index contributed by atoms with van der Waals surface area (Å²) in [6.07, 6.45) is 2.46. The predicted molar refractivity (Wildman–Crippen MR) is 180 cm³/mol. The molecule has 0 spiro atoms. The van der Waals surface area contributed by atoms with Crippen LogP contribution in [0.25, 0.3) is 33.8 Å². The van der Waals surface area contributed by atoms with E-state index >= 15 is 0 Å². The van der Waals surface area contributed by atoms with Crippen LogP contribution < -0.4 is 0 Å². The Morgan fingerprint density at radius 3 is 1.91 bits per heavy atom. The summed E-state index contributed by atoms with van der Waals surface area (Å²) >= 11 is 0. The Balaban J connectivity index is 0.000000412. The first-order valence-corrected chi connectivity index (χ1v) is 15.2. The predicted octanol–water partition coefficient (Wildman–Crippen LogP) is 10.2. The smallest absolute Gasteiger partial charge is 0.159 e. The molecule has 2 aromatic carbocycles. The summed E-state index contributed by atoms with van der Waals surface area (Å²) in [7, 11) is 0. The van der Waals surface area contributed by atoms with Crippen LogP contribution in [-0.4, -0.2) is 20.9 Å². The molecule has 1 radical (unpaired) electrons. The number of aryl methyl sites for hydroxylation is 6. The maximum absolute atomic E-state index is 11.2. The molecule has 4 nitrogen and oxygen atoms in total. The number of pyridine rings is 2. The minimum absolute atomic E-state index is 0. The van der Waals surface area contributed by atoms with E-state index < -0.39 is 0 Å². The Hall–Kier alpha value is -3.40. The number of aromatic nitrogens is 2. The number of carbonyl (C=O) groups excluding carboxylic acids is 1. The normalized spacial score (nSPS) is 11.2. The molecule has 4 rings (SSSR count). The molecule has 0 aliphatic carbocycles. The van der Waals surface area contributed by atoms with Crippen LogP contribution in [0.1, 0.15) is 74.0 Å². The number of hydrogen-bond donors (Lipinski definition) is 1. The molecular formula is C39H47IrN2O2-. The summed E-state index contributed by atoms with van der Waals surface area (Å²) in [5.74, 6) is 0.979. The van der Waals surface area contributed by atoms with Gasteiger partial charge in [0.25, 0.3) is 0 Å². The van der Waals surface area contributed by atoms with Crippen molar-refractivity contribution in [2.45, 2.75) is 82.1 Å². The van der Waals surface area contributed by atoms with Crippen molar-refractivity contribution in [3.05, 3.63) is 106 Å². The van der Waals surface area contributed by atoms with Crippen molar-refractivity contribution in [1.29, 1.82) is 0 Å². The summed E-state index contributed by atoms with van der Waals surface area (Å²) in [4.78, 5) is 21.2. The van der Waals surface area contributed by atoms with Crippen molar-refractivity contribution >= 4 is 5.78 Å². The summed E-state index contributed by atoms with van der Waals surface area (Å²) in [6, 6.07) is 22.7. The van der Waals surface area contributed by atoms with E-state index in [4.69, 9.17) is 9.97 Å². The van der Waals surface area contributed by atoms with Gasteiger partial charge >= 0.3 is 0 Å². The molecule has 0 amide bonds. The first kappa shape index (κ1) is 36.8. The number of allylic oxidation sites excluding steroid dienone is 2. The van der Waals surface area contributed by atoms with Crippen LogP contribution in [0.3, 0.4) is 0 Å². The molecule has 4 aromatic rings. The van der Waals surface area contributed by atoms with Crippen molar-refractivity contribution in [2.24, 2.45) is 11.8 Å². The van der Waals surface area contributed by atoms with E-state index in [1.54, 1.807) is 0 Å². The molecule has 0 unspecified atom stereocenters. The van der Waals surface area contributed by atoms with E-state index in [0.717, 1.165) is 33.9 Å². The van der Waals surface area contributed by atoms with Gasteiger partial charge in [-0.1, -0.05) is 104 Å². The van der Waals surface area contributed by atoms with Crippen LogP contribution in [0.5, 0.6) is 0 Å². The number of hydrogen-bond acceptors (Lipinski definition) is 4. The van der Waals surface area contributed by atoms with Crippen LogP contribution in [0.15, 0.2) is 66.4 Å². The molecular weight excluding hydrogens is 721 g/mol. The Kier molecular flexibility index (Phi) is 13.9. The third-order valence-electron chi connectivity index (χ3n) is 6.96. The van der Waals surface area contributed by atoms with Crippen LogP contribution in [-0.2, 0) is 24.9 Å². The number of carbonyl (C=O) groups is 1. The molecule has 0 bridgehead atoms. The Labute approximate surface area is 278 Å². The van der Waals surface area contributed by atoms with E-state index in [-0.39, 0.29) is 31.6 Å². The minimum atomic E-state index is 0. The first-order valence-electron chi connectivity index (χ1n) is 15.2. The van der Waals surface area contributed by atoms with Crippen molar-refractivity contribution in [3.63, 3.8) is 0 Å². The van der Waals surface area contributed by atoms with Crippen LogP contribution in [0.2, 0.25) is 0 Å². The molecule has 0 fully saturated rings. The van der Waals surface area contributed by atoms with Gasteiger partial charge in [-0.25, -0.2) is 0 Å². The Morgan fingerprint density at radius 2 is 1.36 bits per heavy atom. The van der Waals surface area contributed by atoms with Crippen molar-refractivity contribution in [2.75, 3.05) is 0 Å². The second kappa shape index (κ2) is 16.6. The van der Waals surface area contributed by atoms with E-state index in [9.17, 15) is 9.90 Å². The number of ketones is 1.